The minimum Gasteiger partial charge on any atom is -0.379 e. The van der Waals surface area contributed by atoms with Crippen molar-refractivity contribution in [3.63, 3.8) is 0 Å². The molecule has 2 aliphatic rings. The van der Waals surface area contributed by atoms with Gasteiger partial charge >= 0.3 is 0 Å². The molecular weight excluding hydrogens is 308 g/mol. The van der Waals surface area contributed by atoms with Crippen molar-refractivity contribution in [3.8, 4) is 0 Å². The molecule has 1 aromatic rings. The zero-order valence-electron chi connectivity index (χ0n) is 14.1. The molecule has 23 heavy (non-hydrogen) atoms. The molecule has 0 aliphatic carbocycles. The van der Waals surface area contributed by atoms with E-state index in [2.05, 4.69) is 37.4 Å². The molecule has 4 heteroatoms. The van der Waals surface area contributed by atoms with E-state index in [1.807, 2.05) is 17.0 Å². The quantitative estimate of drug-likeness (QED) is 0.793. The monoisotopic (exact) mass is 334 g/mol. The maximum atomic E-state index is 12.6. The number of amides is 1. The van der Waals surface area contributed by atoms with E-state index in [4.69, 9.17) is 0 Å². The van der Waals surface area contributed by atoms with Gasteiger partial charge < -0.3 is 10.2 Å². The first-order valence-corrected chi connectivity index (χ1v) is 8.42. The van der Waals surface area contributed by atoms with E-state index < -0.39 is 0 Å². The summed E-state index contributed by atoms with van der Waals surface area (Å²) in [4.78, 5) is 14.7. The molecule has 1 N–H and O–H groups in total. The summed E-state index contributed by atoms with van der Waals surface area (Å²) in [5.41, 5.74) is 3.45. The standard InChI is InChI=1S/C19H26N2O.ClH/c1-19(2)14-15-9-5-6-10-16(15)17(20-19)13-18(22)21-11-7-3-4-8-12-21;/h5-6,9-10,13,20H,3-4,7-8,11-12,14H2,1-2H3;1H/b17-13-;. The fourth-order valence-electron chi connectivity index (χ4n) is 3.51. The summed E-state index contributed by atoms with van der Waals surface area (Å²) in [6.07, 6.45) is 7.54. The summed E-state index contributed by atoms with van der Waals surface area (Å²) in [6, 6.07) is 8.40. The predicted molar refractivity (Wildman–Crippen MR) is 97.6 cm³/mol. The Kier molecular flexibility index (Phi) is 5.74. The van der Waals surface area contributed by atoms with Crippen LogP contribution in [0.1, 0.15) is 50.7 Å². The van der Waals surface area contributed by atoms with E-state index >= 15 is 0 Å². The van der Waals surface area contributed by atoms with Crippen LogP contribution in [0.5, 0.6) is 0 Å². The van der Waals surface area contributed by atoms with Gasteiger partial charge in [0.2, 0.25) is 5.91 Å². The molecule has 1 amide bonds. The fraction of sp³-hybridized carbons (Fsp3) is 0.526. The van der Waals surface area contributed by atoms with Gasteiger partial charge in [-0.1, -0.05) is 37.1 Å². The lowest BCUT2D eigenvalue weighted by atomic mass is 9.86. The van der Waals surface area contributed by atoms with Gasteiger partial charge in [-0.2, -0.15) is 0 Å². The van der Waals surface area contributed by atoms with Crippen molar-refractivity contribution in [1.29, 1.82) is 0 Å². The zero-order valence-corrected chi connectivity index (χ0v) is 14.9. The molecule has 3 rings (SSSR count). The van der Waals surface area contributed by atoms with Gasteiger partial charge in [0.1, 0.15) is 0 Å². The first-order chi connectivity index (χ1) is 10.6. The molecule has 1 aromatic carbocycles. The van der Waals surface area contributed by atoms with Crippen molar-refractivity contribution in [2.24, 2.45) is 0 Å². The highest BCUT2D eigenvalue weighted by molar-refractivity contribution is 5.95. The van der Waals surface area contributed by atoms with Gasteiger partial charge in [-0.3, -0.25) is 4.79 Å². The van der Waals surface area contributed by atoms with Crippen molar-refractivity contribution in [1.82, 2.24) is 10.2 Å². The highest BCUT2D eigenvalue weighted by Crippen LogP contribution is 2.29. The van der Waals surface area contributed by atoms with Crippen LogP contribution in [0.4, 0.5) is 0 Å². The van der Waals surface area contributed by atoms with Gasteiger partial charge in [0, 0.05) is 36.0 Å². The van der Waals surface area contributed by atoms with Crippen molar-refractivity contribution >= 4 is 24.0 Å². The zero-order chi connectivity index (χ0) is 15.6. The number of rotatable bonds is 1. The average Bonchev–Trinajstić information content (AvgIpc) is 2.75. The van der Waals surface area contributed by atoms with Crippen LogP contribution in [0.2, 0.25) is 0 Å². The maximum Gasteiger partial charge on any atom is 0.248 e. The predicted octanol–water partition coefficient (Wildman–Crippen LogP) is 3.78. The summed E-state index contributed by atoms with van der Waals surface area (Å²) in [5.74, 6) is 0.150. The third kappa shape index (κ3) is 4.29. The Morgan fingerprint density at radius 3 is 2.48 bits per heavy atom. The van der Waals surface area contributed by atoms with Gasteiger partial charge in [0.15, 0.2) is 0 Å². The third-order valence-corrected chi connectivity index (χ3v) is 4.60. The molecular formula is C19H27ClN2O. The minimum absolute atomic E-state index is 0. The molecule has 0 saturated carbocycles. The number of carbonyl (C=O) groups is 1. The highest BCUT2D eigenvalue weighted by Gasteiger charge is 2.28. The van der Waals surface area contributed by atoms with E-state index in [-0.39, 0.29) is 23.9 Å². The Hall–Kier alpha value is -1.48. The number of hydrogen-bond acceptors (Lipinski definition) is 2. The van der Waals surface area contributed by atoms with E-state index in [9.17, 15) is 4.79 Å². The van der Waals surface area contributed by atoms with Gasteiger partial charge in [-0.05, 0) is 38.7 Å². The number of hydrogen-bond donors (Lipinski definition) is 1. The molecule has 0 unspecified atom stereocenters. The van der Waals surface area contributed by atoms with Gasteiger partial charge in [0.05, 0.1) is 0 Å². The molecule has 0 bridgehead atoms. The SMILES string of the molecule is CC1(C)Cc2ccccc2/C(=C/C(=O)N2CCCCCC2)N1.Cl. The second-order valence-electron chi connectivity index (χ2n) is 7.14. The molecule has 1 saturated heterocycles. The highest BCUT2D eigenvalue weighted by atomic mass is 35.5. The molecule has 0 radical (unpaired) electrons. The van der Waals surface area contributed by atoms with Crippen LogP contribution in [-0.2, 0) is 11.2 Å². The normalized spacial score (nSPS) is 21.7. The summed E-state index contributed by atoms with van der Waals surface area (Å²) in [6.45, 7) is 6.17. The third-order valence-electron chi connectivity index (χ3n) is 4.60. The van der Waals surface area contributed by atoms with Crippen molar-refractivity contribution in [2.75, 3.05) is 13.1 Å². The lowest BCUT2D eigenvalue weighted by molar-refractivity contribution is -0.125. The largest absolute Gasteiger partial charge is 0.379 e. The number of nitrogens with zero attached hydrogens (tertiary/aromatic N) is 1. The van der Waals surface area contributed by atoms with Crippen LogP contribution in [0.15, 0.2) is 30.3 Å². The molecule has 0 spiro atoms. The lowest BCUT2D eigenvalue weighted by Crippen LogP contribution is -2.44. The summed E-state index contributed by atoms with van der Waals surface area (Å²) < 4.78 is 0. The summed E-state index contributed by atoms with van der Waals surface area (Å²) in [7, 11) is 0. The molecule has 1 fully saturated rings. The second-order valence-corrected chi connectivity index (χ2v) is 7.14. The Bertz CT molecular complexity index is 587. The number of halogens is 1. The number of benzene rings is 1. The molecule has 2 heterocycles. The number of fused-ring (bicyclic) bond motifs is 1. The second kappa shape index (κ2) is 7.39. The first-order valence-electron chi connectivity index (χ1n) is 8.42. The van der Waals surface area contributed by atoms with Crippen molar-refractivity contribution in [3.05, 3.63) is 41.5 Å². The van der Waals surface area contributed by atoms with Crippen LogP contribution in [0.25, 0.3) is 5.70 Å². The molecule has 2 aliphatic heterocycles. The van der Waals surface area contributed by atoms with E-state index in [0.717, 1.165) is 38.0 Å². The number of carbonyl (C=O) groups excluding carboxylic acids is 1. The van der Waals surface area contributed by atoms with Gasteiger partial charge in [-0.25, -0.2) is 0 Å². The van der Waals surface area contributed by atoms with E-state index in [1.54, 1.807) is 0 Å². The topological polar surface area (TPSA) is 32.3 Å². The first kappa shape index (κ1) is 17.9. The molecule has 3 nitrogen and oxygen atoms in total. The van der Waals surface area contributed by atoms with Gasteiger partial charge in [-0.15, -0.1) is 12.4 Å². The Labute approximate surface area is 145 Å². The number of likely N-dealkylation sites (tertiary alicyclic amines) is 1. The average molecular weight is 335 g/mol. The fourth-order valence-corrected chi connectivity index (χ4v) is 3.51. The summed E-state index contributed by atoms with van der Waals surface area (Å²) >= 11 is 0. The van der Waals surface area contributed by atoms with Crippen molar-refractivity contribution < 1.29 is 4.79 Å². The molecule has 0 atom stereocenters. The van der Waals surface area contributed by atoms with Crippen molar-refractivity contribution in [2.45, 2.75) is 51.5 Å². The van der Waals surface area contributed by atoms with E-state index in [1.165, 1.54) is 24.0 Å². The Morgan fingerprint density at radius 2 is 1.78 bits per heavy atom. The van der Waals surface area contributed by atoms with Crippen LogP contribution in [-0.4, -0.2) is 29.4 Å². The lowest BCUT2D eigenvalue weighted by Gasteiger charge is -2.35. The molecule has 0 aromatic heterocycles. The Balaban J connectivity index is 0.00000192. The minimum atomic E-state index is -0.0146. The van der Waals surface area contributed by atoms with Crippen LogP contribution < -0.4 is 5.32 Å². The van der Waals surface area contributed by atoms with Crippen LogP contribution in [0.3, 0.4) is 0 Å². The van der Waals surface area contributed by atoms with Crippen LogP contribution in [0, 0.1) is 0 Å². The smallest absolute Gasteiger partial charge is 0.248 e. The van der Waals surface area contributed by atoms with Crippen LogP contribution >= 0.6 is 12.4 Å². The maximum absolute atomic E-state index is 12.6. The Morgan fingerprint density at radius 1 is 1.13 bits per heavy atom. The number of nitrogens with one attached hydrogen (secondary N) is 1. The van der Waals surface area contributed by atoms with E-state index in [0.29, 0.717) is 0 Å². The molecule has 126 valence electrons. The summed E-state index contributed by atoms with van der Waals surface area (Å²) in [5, 5.41) is 3.55. The van der Waals surface area contributed by atoms with Gasteiger partial charge in [0.25, 0.3) is 0 Å².